The molecule has 0 aromatic heterocycles. The van der Waals surface area contributed by atoms with Gasteiger partial charge in [-0.2, -0.15) is 0 Å². The van der Waals surface area contributed by atoms with Gasteiger partial charge in [0.15, 0.2) is 8.32 Å². The Morgan fingerprint density at radius 1 is 1.14 bits per heavy atom. The predicted octanol–water partition coefficient (Wildman–Crippen LogP) is 4.92. The molecule has 1 N–H and O–H groups in total. The molecule has 1 amide bonds. The average molecular weight is 411 g/mol. The summed E-state index contributed by atoms with van der Waals surface area (Å²) in [7, 11) is -2.19. The van der Waals surface area contributed by atoms with Crippen molar-refractivity contribution in [1.29, 1.82) is 0 Å². The van der Waals surface area contributed by atoms with Crippen LogP contribution < -0.4 is 5.32 Å². The van der Waals surface area contributed by atoms with Gasteiger partial charge in [-0.25, -0.2) is 4.79 Å². The number of alkyl carbamates (subject to hydrolysis) is 1. The zero-order valence-electron chi connectivity index (χ0n) is 18.2. The molecule has 1 aromatic rings. The fraction of sp³-hybridized carbons (Fsp3) is 0.650. The summed E-state index contributed by atoms with van der Waals surface area (Å²) in [6, 6.07) is 6.90. The van der Waals surface area contributed by atoms with Crippen molar-refractivity contribution < 1.29 is 18.9 Å². The van der Waals surface area contributed by atoms with Crippen molar-refractivity contribution in [3.05, 3.63) is 46.0 Å². The zero-order valence-corrected chi connectivity index (χ0v) is 19.2. The molecule has 0 spiro atoms. The van der Waals surface area contributed by atoms with Crippen LogP contribution in [-0.4, -0.2) is 37.6 Å². The summed E-state index contributed by atoms with van der Waals surface area (Å²) in [5.74, 6) is 0. The number of benzene rings is 1. The van der Waals surface area contributed by atoms with Gasteiger partial charge in [0.2, 0.25) is 0 Å². The van der Waals surface area contributed by atoms with Crippen LogP contribution in [0.15, 0.2) is 30.3 Å². The average Bonchev–Trinajstić information content (AvgIpc) is 2.51. The van der Waals surface area contributed by atoms with Gasteiger partial charge in [-0.05, 0) is 44.5 Å². The molecule has 2 atom stereocenters. The van der Waals surface area contributed by atoms with Crippen molar-refractivity contribution in [2.24, 2.45) is 0 Å². The van der Waals surface area contributed by atoms with E-state index in [9.17, 15) is 14.9 Å². The second-order valence-electron chi connectivity index (χ2n) is 9.46. The first-order chi connectivity index (χ1) is 12.6. The van der Waals surface area contributed by atoms with Crippen LogP contribution in [0.3, 0.4) is 0 Å². The van der Waals surface area contributed by atoms with Crippen molar-refractivity contribution in [1.82, 2.24) is 5.32 Å². The standard InChI is InChI=1S/C20H34N2O5Si/c1-19(2,3)27-18(23)21-17(15-12-10-9-11-13-15)16(22(24)25)14-26-28(7,8)20(4,5)6/h9-13,16-17H,14H2,1-8H3,(H,21,23)/t16-,17+/m0/s1. The third-order valence-electron chi connectivity index (χ3n) is 4.91. The van der Waals surface area contributed by atoms with Crippen molar-refractivity contribution in [2.75, 3.05) is 6.61 Å². The van der Waals surface area contributed by atoms with Gasteiger partial charge in [0.05, 0.1) is 0 Å². The predicted molar refractivity (Wildman–Crippen MR) is 112 cm³/mol. The van der Waals surface area contributed by atoms with Crippen LogP contribution in [0.4, 0.5) is 4.79 Å². The molecule has 0 saturated carbocycles. The highest BCUT2D eigenvalue weighted by atomic mass is 28.4. The minimum absolute atomic E-state index is 0.0744. The molecule has 1 rings (SSSR count). The van der Waals surface area contributed by atoms with Gasteiger partial charge in [0, 0.05) is 4.92 Å². The molecule has 1 aromatic carbocycles. The highest BCUT2D eigenvalue weighted by molar-refractivity contribution is 6.74. The van der Waals surface area contributed by atoms with Gasteiger partial charge < -0.3 is 14.5 Å². The number of amides is 1. The lowest BCUT2D eigenvalue weighted by Gasteiger charge is -2.37. The minimum atomic E-state index is -2.19. The number of nitro groups is 1. The van der Waals surface area contributed by atoms with Gasteiger partial charge >= 0.3 is 6.09 Å². The Balaban J connectivity index is 3.13. The maximum atomic E-state index is 12.3. The summed E-state index contributed by atoms with van der Waals surface area (Å²) in [4.78, 5) is 23.9. The summed E-state index contributed by atoms with van der Waals surface area (Å²) in [5, 5.41) is 14.5. The summed E-state index contributed by atoms with van der Waals surface area (Å²) in [6.07, 6.45) is -0.694. The van der Waals surface area contributed by atoms with E-state index in [-0.39, 0.29) is 16.6 Å². The van der Waals surface area contributed by atoms with Gasteiger partial charge in [-0.15, -0.1) is 0 Å². The fourth-order valence-electron chi connectivity index (χ4n) is 2.29. The van der Waals surface area contributed by atoms with E-state index >= 15 is 0 Å². The molecular formula is C20H34N2O5Si. The van der Waals surface area contributed by atoms with E-state index in [1.165, 1.54) is 0 Å². The Kier molecular flexibility index (Phi) is 7.79. The number of rotatable bonds is 7. The monoisotopic (exact) mass is 410 g/mol. The maximum absolute atomic E-state index is 12.3. The normalized spacial score (nSPS) is 14.9. The number of hydrogen-bond acceptors (Lipinski definition) is 5. The van der Waals surface area contributed by atoms with E-state index in [4.69, 9.17) is 9.16 Å². The zero-order chi connectivity index (χ0) is 21.8. The number of carbonyl (C=O) groups is 1. The summed E-state index contributed by atoms with van der Waals surface area (Å²) in [5.41, 5.74) is -0.0681. The van der Waals surface area contributed by atoms with Gasteiger partial charge in [0.25, 0.3) is 6.04 Å². The molecular weight excluding hydrogens is 376 g/mol. The fourth-order valence-corrected chi connectivity index (χ4v) is 3.31. The van der Waals surface area contributed by atoms with E-state index in [0.717, 1.165) is 0 Å². The van der Waals surface area contributed by atoms with Crippen molar-refractivity contribution in [2.45, 2.75) is 77.4 Å². The van der Waals surface area contributed by atoms with E-state index < -0.39 is 32.1 Å². The molecule has 0 saturated heterocycles. The van der Waals surface area contributed by atoms with Crippen LogP contribution in [0.1, 0.15) is 53.1 Å². The Morgan fingerprint density at radius 3 is 2.11 bits per heavy atom. The Hall–Kier alpha value is -1.93. The van der Waals surface area contributed by atoms with Crippen LogP contribution in [0, 0.1) is 10.1 Å². The van der Waals surface area contributed by atoms with E-state index in [0.29, 0.717) is 5.56 Å². The summed E-state index contributed by atoms with van der Waals surface area (Å²) >= 11 is 0. The summed E-state index contributed by atoms with van der Waals surface area (Å²) < 4.78 is 11.4. The molecule has 7 nitrogen and oxygen atoms in total. The van der Waals surface area contributed by atoms with Crippen LogP contribution in [0.25, 0.3) is 0 Å². The molecule has 0 aliphatic carbocycles. The third kappa shape index (κ3) is 7.24. The lowest BCUT2D eigenvalue weighted by atomic mass is 10.0. The Labute approximate surface area is 169 Å². The number of nitrogens with one attached hydrogen (secondary N) is 1. The van der Waals surface area contributed by atoms with Crippen LogP contribution in [0.5, 0.6) is 0 Å². The van der Waals surface area contributed by atoms with Crippen molar-refractivity contribution in [3.8, 4) is 0 Å². The smallest absolute Gasteiger partial charge is 0.408 e. The number of carbonyl (C=O) groups excluding carboxylic acids is 1. The molecule has 0 bridgehead atoms. The lowest BCUT2D eigenvalue weighted by molar-refractivity contribution is -0.530. The first-order valence-electron chi connectivity index (χ1n) is 9.46. The number of ether oxygens (including phenoxy) is 1. The topological polar surface area (TPSA) is 90.7 Å². The molecule has 158 valence electrons. The van der Waals surface area contributed by atoms with Crippen molar-refractivity contribution >= 4 is 14.4 Å². The van der Waals surface area contributed by atoms with Gasteiger partial charge in [-0.1, -0.05) is 51.1 Å². The van der Waals surface area contributed by atoms with E-state index in [1.807, 2.05) is 19.2 Å². The second kappa shape index (κ2) is 9.04. The maximum Gasteiger partial charge on any atom is 0.408 e. The van der Waals surface area contributed by atoms with Crippen LogP contribution in [0.2, 0.25) is 18.1 Å². The largest absolute Gasteiger partial charge is 0.444 e. The molecule has 8 heteroatoms. The Bertz CT molecular complexity index is 665. The van der Waals surface area contributed by atoms with Crippen LogP contribution >= 0.6 is 0 Å². The number of nitrogens with zero attached hydrogens (tertiary/aromatic N) is 1. The quantitative estimate of drug-likeness (QED) is 0.391. The summed E-state index contributed by atoms with van der Waals surface area (Å²) in [6.45, 7) is 15.5. The molecule has 0 aliphatic heterocycles. The Morgan fingerprint density at radius 2 is 1.68 bits per heavy atom. The van der Waals surface area contributed by atoms with Gasteiger partial charge in [-0.3, -0.25) is 10.1 Å². The molecule has 0 unspecified atom stereocenters. The molecule has 0 aliphatic rings. The lowest BCUT2D eigenvalue weighted by Crippen LogP contribution is -2.48. The third-order valence-corrected chi connectivity index (χ3v) is 9.41. The number of hydrogen-bond donors (Lipinski definition) is 1. The highest BCUT2D eigenvalue weighted by Gasteiger charge is 2.42. The van der Waals surface area contributed by atoms with Crippen LogP contribution in [-0.2, 0) is 9.16 Å². The molecule has 0 fully saturated rings. The first-order valence-corrected chi connectivity index (χ1v) is 12.4. The minimum Gasteiger partial charge on any atom is -0.444 e. The highest BCUT2D eigenvalue weighted by Crippen LogP contribution is 2.37. The molecule has 0 radical (unpaired) electrons. The molecule has 28 heavy (non-hydrogen) atoms. The van der Waals surface area contributed by atoms with E-state index in [1.54, 1.807) is 45.0 Å². The van der Waals surface area contributed by atoms with Gasteiger partial charge in [0.1, 0.15) is 18.2 Å². The molecule has 0 heterocycles. The first kappa shape index (κ1) is 24.1. The second-order valence-corrected chi connectivity index (χ2v) is 14.3. The van der Waals surface area contributed by atoms with E-state index in [2.05, 4.69) is 26.1 Å². The SMILES string of the molecule is CC(C)(C)OC(=O)N[C@H](c1ccccc1)[C@H](CO[Si](C)(C)C(C)(C)C)[N+](=O)[O-]. The van der Waals surface area contributed by atoms with Crippen molar-refractivity contribution in [3.63, 3.8) is 0 Å².